The third-order valence-corrected chi connectivity index (χ3v) is 3.59. The van der Waals surface area contributed by atoms with Gasteiger partial charge >= 0.3 is 5.63 Å². The summed E-state index contributed by atoms with van der Waals surface area (Å²) in [7, 11) is 3.45. The lowest BCUT2D eigenvalue weighted by molar-refractivity contribution is 0.417. The quantitative estimate of drug-likeness (QED) is 0.594. The van der Waals surface area contributed by atoms with Crippen molar-refractivity contribution >= 4 is 28.0 Å². The normalized spacial score (nSPS) is 10.6. The Bertz CT molecular complexity index is 886. The number of hydrogen-bond acceptors (Lipinski definition) is 5. The molecule has 3 aromatic rings. The maximum atomic E-state index is 11.8. The second-order valence-corrected chi connectivity index (χ2v) is 4.93. The maximum Gasteiger partial charge on any atom is 0.338 e. The first-order chi connectivity index (χ1) is 10.6. The molecule has 0 aliphatic heterocycles. The number of methoxy groups -OCH3 is 1. The van der Waals surface area contributed by atoms with Gasteiger partial charge in [-0.05, 0) is 30.3 Å². The highest BCUT2D eigenvalue weighted by Crippen LogP contribution is 2.33. The molecule has 22 heavy (non-hydrogen) atoms. The summed E-state index contributed by atoms with van der Waals surface area (Å²) < 4.78 is 10.4. The Morgan fingerprint density at radius 1 is 1.14 bits per heavy atom. The molecule has 0 bridgehead atoms. The highest BCUT2D eigenvalue weighted by atomic mass is 16.5. The fraction of sp³-hybridized carbons (Fsp3) is 0.118. The lowest BCUT2D eigenvalue weighted by Crippen LogP contribution is -2.13. The highest BCUT2D eigenvalue weighted by molar-refractivity contribution is 5.92. The molecule has 0 fully saturated rings. The van der Waals surface area contributed by atoms with Crippen LogP contribution in [0.25, 0.3) is 11.0 Å². The highest BCUT2D eigenvalue weighted by Gasteiger charge is 2.12. The maximum absolute atomic E-state index is 11.8. The van der Waals surface area contributed by atoms with Crippen LogP contribution in [0.3, 0.4) is 0 Å². The van der Waals surface area contributed by atoms with Crippen LogP contribution in [0.5, 0.6) is 5.75 Å². The molecular weight excluding hydrogens is 280 g/mol. The SMILES string of the molecule is COc1ccc(N(C)c2cc(=O)oc3ccccc23)cc1N. The van der Waals surface area contributed by atoms with Gasteiger partial charge in [0.2, 0.25) is 0 Å². The van der Waals surface area contributed by atoms with E-state index in [-0.39, 0.29) is 5.63 Å². The summed E-state index contributed by atoms with van der Waals surface area (Å²) in [6.45, 7) is 0. The van der Waals surface area contributed by atoms with E-state index in [1.54, 1.807) is 19.2 Å². The van der Waals surface area contributed by atoms with Crippen LogP contribution in [0.15, 0.2) is 57.7 Å². The van der Waals surface area contributed by atoms with Crippen LogP contribution in [0.1, 0.15) is 0 Å². The van der Waals surface area contributed by atoms with Crippen molar-refractivity contribution in [3.63, 3.8) is 0 Å². The van der Waals surface area contributed by atoms with E-state index in [0.29, 0.717) is 17.0 Å². The second kappa shape index (κ2) is 5.44. The van der Waals surface area contributed by atoms with Gasteiger partial charge in [-0.3, -0.25) is 0 Å². The number of anilines is 3. The molecule has 5 heteroatoms. The monoisotopic (exact) mass is 296 g/mol. The number of fused-ring (bicyclic) bond motifs is 1. The van der Waals surface area contributed by atoms with Crippen molar-refractivity contribution in [3.8, 4) is 5.75 Å². The molecule has 0 aliphatic rings. The summed E-state index contributed by atoms with van der Waals surface area (Å²) >= 11 is 0. The van der Waals surface area contributed by atoms with Gasteiger partial charge < -0.3 is 19.8 Å². The van der Waals surface area contributed by atoms with Crippen molar-refractivity contribution in [1.82, 2.24) is 0 Å². The minimum absolute atomic E-state index is 0.387. The minimum Gasteiger partial charge on any atom is -0.495 e. The number of benzene rings is 2. The van der Waals surface area contributed by atoms with Gasteiger partial charge in [0, 0.05) is 24.2 Å². The third kappa shape index (κ3) is 2.37. The lowest BCUT2D eigenvalue weighted by atomic mass is 10.1. The molecule has 0 radical (unpaired) electrons. The molecule has 0 amide bonds. The van der Waals surface area contributed by atoms with Crippen LogP contribution in [0.4, 0.5) is 17.1 Å². The van der Waals surface area contributed by atoms with Gasteiger partial charge in [-0.25, -0.2) is 4.79 Å². The van der Waals surface area contributed by atoms with Crippen molar-refractivity contribution in [2.75, 3.05) is 24.8 Å². The molecule has 3 rings (SSSR count). The Kier molecular flexibility index (Phi) is 3.47. The Morgan fingerprint density at radius 2 is 1.91 bits per heavy atom. The smallest absolute Gasteiger partial charge is 0.338 e. The molecule has 1 heterocycles. The van der Waals surface area contributed by atoms with Crippen LogP contribution in [-0.2, 0) is 0 Å². The average Bonchev–Trinajstić information content (AvgIpc) is 2.53. The zero-order chi connectivity index (χ0) is 15.7. The van der Waals surface area contributed by atoms with Crippen molar-refractivity contribution in [1.29, 1.82) is 0 Å². The Morgan fingerprint density at radius 3 is 2.64 bits per heavy atom. The second-order valence-electron chi connectivity index (χ2n) is 4.93. The molecule has 0 unspecified atom stereocenters. The molecule has 112 valence electrons. The lowest BCUT2D eigenvalue weighted by Gasteiger charge is -2.21. The van der Waals surface area contributed by atoms with E-state index >= 15 is 0 Å². The molecule has 5 nitrogen and oxygen atoms in total. The molecule has 1 aromatic heterocycles. The number of para-hydroxylation sites is 1. The molecule has 0 aliphatic carbocycles. The predicted octanol–water partition coefficient (Wildman–Crippen LogP) is 3.15. The van der Waals surface area contributed by atoms with Gasteiger partial charge in [0.15, 0.2) is 0 Å². The third-order valence-electron chi connectivity index (χ3n) is 3.59. The summed E-state index contributed by atoms with van der Waals surface area (Å²) in [5.74, 6) is 0.620. The summed E-state index contributed by atoms with van der Waals surface area (Å²) in [6.07, 6.45) is 0. The minimum atomic E-state index is -0.387. The van der Waals surface area contributed by atoms with E-state index in [2.05, 4.69) is 0 Å². The zero-order valence-corrected chi connectivity index (χ0v) is 12.4. The van der Waals surface area contributed by atoms with Gasteiger partial charge in [-0.2, -0.15) is 0 Å². The van der Waals surface area contributed by atoms with E-state index in [9.17, 15) is 4.79 Å². The number of nitrogens with zero attached hydrogens (tertiary/aromatic N) is 1. The predicted molar refractivity (Wildman–Crippen MR) is 88.0 cm³/mol. The van der Waals surface area contributed by atoms with E-state index < -0.39 is 0 Å². The van der Waals surface area contributed by atoms with Crippen LogP contribution >= 0.6 is 0 Å². The standard InChI is InChI=1S/C17H16N2O3/c1-19(11-7-8-16(21-2)13(18)9-11)14-10-17(20)22-15-6-4-3-5-12(14)15/h3-10H,18H2,1-2H3. The van der Waals surface area contributed by atoms with Crippen LogP contribution < -0.4 is 21.0 Å². The first-order valence-corrected chi connectivity index (χ1v) is 6.80. The van der Waals surface area contributed by atoms with E-state index in [0.717, 1.165) is 16.8 Å². The molecule has 0 saturated carbocycles. The summed E-state index contributed by atoms with van der Waals surface area (Å²) in [4.78, 5) is 13.7. The van der Waals surface area contributed by atoms with Gasteiger partial charge in [0.05, 0.1) is 18.5 Å². The number of nitrogen functional groups attached to an aromatic ring is 1. The van der Waals surface area contributed by atoms with Crippen molar-refractivity contribution < 1.29 is 9.15 Å². The molecule has 2 N–H and O–H groups in total. The van der Waals surface area contributed by atoms with Crippen molar-refractivity contribution in [3.05, 3.63) is 59.0 Å². The number of nitrogens with two attached hydrogens (primary N) is 1. The van der Waals surface area contributed by atoms with Crippen molar-refractivity contribution in [2.24, 2.45) is 0 Å². The fourth-order valence-electron chi connectivity index (χ4n) is 2.44. The number of ether oxygens (including phenoxy) is 1. The average molecular weight is 296 g/mol. The number of rotatable bonds is 3. The summed E-state index contributed by atoms with van der Waals surface area (Å²) in [5.41, 5.74) is 8.28. The summed E-state index contributed by atoms with van der Waals surface area (Å²) in [6, 6.07) is 14.4. The first-order valence-electron chi connectivity index (χ1n) is 6.80. The van der Waals surface area contributed by atoms with Crippen LogP contribution in [0, 0.1) is 0 Å². The Balaban J connectivity index is 2.14. The topological polar surface area (TPSA) is 68.7 Å². The fourth-order valence-corrected chi connectivity index (χ4v) is 2.44. The molecule has 0 saturated heterocycles. The van der Waals surface area contributed by atoms with Gasteiger partial charge in [0.25, 0.3) is 0 Å². The number of hydrogen-bond donors (Lipinski definition) is 1. The Labute approximate surface area is 127 Å². The zero-order valence-electron chi connectivity index (χ0n) is 12.4. The van der Waals surface area contributed by atoms with E-state index in [1.165, 1.54) is 6.07 Å². The first kappa shape index (κ1) is 14.0. The molecule has 0 atom stereocenters. The largest absolute Gasteiger partial charge is 0.495 e. The Hall–Kier alpha value is -2.95. The molecular formula is C17H16N2O3. The van der Waals surface area contributed by atoms with Gasteiger partial charge in [-0.1, -0.05) is 12.1 Å². The van der Waals surface area contributed by atoms with Gasteiger partial charge in [0.1, 0.15) is 11.3 Å². The van der Waals surface area contributed by atoms with Crippen molar-refractivity contribution in [2.45, 2.75) is 0 Å². The molecule has 2 aromatic carbocycles. The van der Waals surface area contributed by atoms with Gasteiger partial charge in [-0.15, -0.1) is 0 Å². The van der Waals surface area contributed by atoms with Crippen LogP contribution in [0.2, 0.25) is 0 Å². The van der Waals surface area contributed by atoms with E-state index in [1.807, 2.05) is 42.3 Å². The molecule has 0 spiro atoms. The van der Waals surface area contributed by atoms with Crippen LogP contribution in [-0.4, -0.2) is 14.2 Å². The van der Waals surface area contributed by atoms with E-state index in [4.69, 9.17) is 14.9 Å². The summed E-state index contributed by atoms with van der Waals surface area (Å²) in [5, 5.41) is 0.860.